The lowest BCUT2D eigenvalue weighted by atomic mass is 10.3. The largest absolute Gasteiger partial charge is 0.314 e. The minimum Gasteiger partial charge on any atom is -0.314 e. The molecule has 1 N–H and O–H groups in total. The van der Waals surface area contributed by atoms with E-state index in [-0.39, 0.29) is 0 Å². The van der Waals surface area contributed by atoms with E-state index in [1.807, 2.05) is 26.1 Å². The van der Waals surface area contributed by atoms with Crippen LogP contribution in [0.4, 0.5) is 0 Å². The molecule has 0 atom stereocenters. The van der Waals surface area contributed by atoms with E-state index in [0.717, 1.165) is 12.3 Å². The Bertz CT molecular complexity index is 114. The Balaban J connectivity index is 3.70. The zero-order valence-corrected chi connectivity index (χ0v) is 6.31. The van der Waals surface area contributed by atoms with Crippen LogP contribution in [0.2, 0.25) is 0 Å². The second-order valence-electron chi connectivity index (χ2n) is 1.75. The van der Waals surface area contributed by atoms with Crippen LogP contribution in [-0.2, 0) is 0 Å². The summed E-state index contributed by atoms with van der Waals surface area (Å²) in [5.41, 5.74) is 1.08. The van der Waals surface area contributed by atoms with E-state index in [1.54, 1.807) is 7.05 Å². The molecular weight excluding hydrogens is 112 g/mol. The van der Waals surface area contributed by atoms with Gasteiger partial charge in [-0.25, -0.2) is 0 Å². The van der Waals surface area contributed by atoms with Crippen LogP contribution in [0.15, 0.2) is 17.1 Å². The van der Waals surface area contributed by atoms with Gasteiger partial charge in [0.1, 0.15) is 0 Å². The lowest BCUT2D eigenvalue weighted by Crippen LogP contribution is -2.16. The molecule has 9 heavy (non-hydrogen) atoms. The topological polar surface area (TPSA) is 24.4 Å². The van der Waals surface area contributed by atoms with Gasteiger partial charge in [0.15, 0.2) is 0 Å². The molecule has 52 valence electrons. The van der Waals surface area contributed by atoms with Gasteiger partial charge >= 0.3 is 0 Å². The van der Waals surface area contributed by atoms with Gasteiger partial charge < -0.3 is 5.32 Å². The van der Waals surface area contributed by atoms with E-state index < -0.39 is 0 Å². The molecule has 2 heteroatoms. The maximum Gasteiger partial charge on any atom is 0.0479 e. The Labute approximate surface area is 56.7 Å². The van der Waals surface area contributed by atoms with Crippen molar-refractivity contribution in [2.24, 2.45) is 4.99 Å². The van der Waals surface area contributed by atoms with Crippen molar-refractivity contribution in [3.05, 3.63) is 12.2 Å². The van der Waals surface area contributed by atoms with E-state index >= 15 is 0 Å². The maximum atomic E-state index is 4.03. The van der Waals surface area contributed by atoms with Crippen LogP contribution < -0.4 is 5.32 Å². The first-order valence-electron chi connectivity index (χ1n) is 3.08. The number of nitrogens with zero attached hydrogens (tertiary/aromatic N) is 1. The molecule has 0 aliphatic rings. The first kappa shape index (κ1) is 8.37. The van der Waals surface area contributed by atoms with Gasteiger partial charge in [-0.2, -0.15) is 0 Å². The summed E-state index contributed by atoms with van der Waals surface area (Å²) >= 11 is 0. The molecule has 0 aromatic carbocycles. The summed E-state index contributed by atoms with van der Waals surface area (Å²) in [4.78, 5) is 4.03. The van der Waals surface area contributed by atoms with Gasteiger partial charge in [0.2, 0.25) is 0 Å². The molecule has 0 aliphatic carbocycles. The molecule has 0 bridgehead atoms. The third-order valence-electron chi connectivity index (χ3n) is 1.00. The second-order valence-corrected chi connectivity index (χ2v) is 1.75. The minimum absolute atomic E-state index is 0.848. The highest BCUT2D eigenvalue weighted by Gasteiger charge is 1.85. The van der Waals surface area contributed by atoms with Gasteiger partial charge in [0, 0.05) is 19.3 Å². The second kappa shape index (κ2) is 5.51. The lowest BCUT2D eigenvalue weighted by Gasteiger charge is -1.95. The van der Waals surface area contributed by atoms with Crippen molar-refractivity contribution in [1.29, 1.82) is 0 Å². The van der Waals surface area contributed by atoms with Crippen molar-refractivity contribution in [3.8, 4) is 0 Å². The Morgan fingerprint density at radius 1 is 1.67 bits per heavy atom. The molecule has 0 saturated carbocycles. The molecule has 0 rings (SSSR count). The SMILES string of the molecule is C/C=C\C(CNC)=NC. The van der Waals surface area contributed by atoms with E-state index in [9.17, 15) is 0 Å². The van der Waals surface area contributed by atoms with Crippen LogP contribution in [-0.4, -0.2) is 26.4 Å². The molecule has 0 fully saturated rings. The highest BCUT2D eigenvalue weighted by Crippen LogP contribution is 1.77. The molecule has 0 spiro atoms. The molecule has 0 aromatic heterocycles. The number of nitrogens with one attached hydrogen (secondary N) is 1. The number of hydrogen-bond acceptors (Lipinski definition) is 2. The summed E-state index contributed by atoms with van der Waals surface area (Å²) < 4.78 is 0. The average molecular weight is 126 g/mol. The normalized spacial score (nSPS) is 13.0. The first-order valence-corrected chi connectivity index (χ1v) is 3.08. The van der Waals surface area contributed by atoms with Crippen LogP contribution in [0.3, 0.4) is 0 Å². The van der Waals surface area contributed by atoms with E-state index in [4.69, 9.17) is 0 Å². The molecule has 0 unspecified atom stereocenters. The van der Waals surface area contributed by atoms with Gasteiger partial charge in [-0.1, -0.05) is 6.08 Å². The molecule has 0 radical (unpaired) electrons. The Morgan fingerprint density at radius 3 is 2.67 bits per heavy atom. The number of hydrogen-bond donors (Lipinski definition) is 1. The van der Waals surface area contributed by atoms with E-state index in [0.29, 0.717) is 0 Å². The summed E-state index contributed by atoms with van der Waals surface area (Å²) in [5, 5.41) is 3.02. The zero-order valence-electron chi connectivity index (χ0n) is 6.31. The summed E-state index contributed by atoms with van der Waals surface area (Å²) in [7, 11) is 3.71. The van der Waals surface area contributed by atoms with Crippen molar-refractivity contribution in [1.82, 2.24) is 5.32 Å². The fraction of sp³-hybridized carbons (Fsp3) is 0.571. The highest BCUT2D eigenvalue weighted by atomic mass is 14.8. The molecular formula is C7H14N2. The quantitative estimate of drug-likeness (QED) is 0.557. The van der Waals surface area contributed by atoms with Crippen molar-refractivity contribution < 1.29 is 0 Å². The minimum atomic E-state index is 0.848. The standard InChI is InChI=1S/C7H14N2/c1-4-5-7(9-3)6-8-2/h4-5,8H,6H2,1-3H3/b5-4-,9-7?. The predicted octanol–water partition coefficient (Wildman–Crippen LogP) is 0.853. The van der Waals surface area contributed by atoms with E-state index in [1.165, 1.54) is 0 Å². The predicted molar refractivity (Wildman–Crippen MR) is 42.1 cm³/mol. The van der Waals surface area contributed by atoms with Gasteiger partial charge in [-0.3, -0.25) is 4.99 Å². The van der Waals surface area contributed by atoms with Gasteiger partial charge in [0.05, 0.1) is 0 Å². The Morgan fingerprint density at radius 2 is 2.33 bits per heavy atom. The van der Waals surface area contributed by atoms with Crippen LogP contribution in [0, 0.1) is 0 Å². The fourth-order valence-electron chi connectivity index (χ4n) is 0.586. The summed E-state index contributed by atoms with van der Waals surface area (Å²) in [6.45, 7) is 2.84. The fourth-order valence-corrected chi connectivity index (χ4v) is 0.586. The summed E-state index contributed by atoms with van der Waals surface area (Å²) in [5.74, 6) is 0. The van der Waals surface area contributed by atoms with Crippen LogP contribution in [0.25, 0.3) is 0 Å². The zero-order chi connectivity index (χ0) is 7.11. The monoisotopic (exact) mass is 126 g/mol. The molecule has 0 amide bonds. The van der Waals surface area contributed by atoms with Crippen LogP contribution in [0.1, 0.15) is 6.92 Å². The third kappa shape index (κ3) is 3.91. The number of allylic oxidation sites excluding steroid dienone is 1. The maximum absolute atomic E-state index is 4.03. The molecule has 0 aliphatic heterocycles. The molecule has 0 saturated heterocycles. The average Bonchev–Trinajstić information content (AvgIpc) is 1.88. The van der Waals surface area contributed by atoms with Gasteiger partial charge in [-0.15, -0.1) is 0 Å². The lowest BCUT2D eigenvalue weighted by molar-refractivity contribution is 0.946. The Kier molecular flexibility index (Phi) is 5.12. The Hall–Kier alpha value is -0.630. The molecule has 0 heterocycles. The third-order valence-corrected chi connectivity index (χ3v) is 1.00. The number of rotatable bonds is 3. The van der Waals surface area contributed by atoms with Crippen LogP contribution >= 0.6 is 0 Å². The number of aliphatic imine (C=N–C) groups is 1. The van der Waals surface area contributed by atoms with Crippen molar-refractivity contribution >= 4 is 5.71 Å². The summed E-state index contributed by atoms with van der Waals surface area (Å²) in [6, 6.07) is 0. The summed E-state index contributed by atoms with van der Waals surface area (Å²) in [6.07, 6.45) is 3.98. The smallest absolute Gasteiger partial charge is 0.0479 e. The van der Waals surface area contributed by atoms with Gasteiger partial charge in [0.25, 0.3) is 0 Å². The van der Waals surface area contributed by atoms with Crippen molar-refractivity contribution in [2.75, 3.05) is 20.6 Å². The van der Waals surface area contributed by atoms with Crippen molar-refractivity contribution in [3.63, 3.8) is 0 Å². The van der Waals surface area contributed by atoms with Gasteiger partial charge in [-0.05, 0) is 20.0 Å². The van der Waals surface area contributed by atoms with Crippen molar-refractivity contribution in [2.45, 2.75) is 6.92 Å². The molecule has 2 nitrogen and oxygen atoms in total. The molecule has 0 aromatic rings. The van der Waals surface area contributed by atoms with Crippen LogP contribution in [0.5, 0.6) is 0 Å². The highest BCUT2D eigenvalue weighted by molar-refractivity contribution is 5.96. The van der Waals surface area contributed by atoms with E-state index in [2.05, 4.69) is 10.3 Å². The first-order chi connectivity index (χ1) is 4.35.